The quantitative estimate of drug-likeness (QED) is 0.874. The standard InChI is InChI=1S/C16H20N2/c1-11-2-3-13(9-17)8-16(11)18-10-15-7-12-4-5-14(15)6-12/h2-3,8,12,14-15,18H,4-7,10H2,1H3. The van der Waals surface area contributed by atoms with Crippen LogP contribution in [0.15, 0.2) is 18.2 Å². The third-order valence-corrected chi connectivity index (χ3v) is 4.81. The Morgan fingerprint density at radius 3 is 2.89 bits per heavy atom. The Hall–Kier alpha value is -1.49. The van der Waals surface area contributed by atoms with Crippen molar-refractivity contribution in [3.05, 3.63) is 29.3 Å². The van der Waals surface area contributed by atoms with E-state index < -0.39 is 0 Å². The Morgan fingerprint density at radius 1 is 1.33 bits per heavy atom. The van der Waals surface area contributed by atoms with Crippen LogP contribution in [0.5, 0.6) is 0 Å². The van der Waals surface area contributed by atoms with E-state index in [-0.39, 0.29) is 0 Å². The fourth-order valence-corrected chi connectivity index (χ4v) is 3.75. The van der Waals surface area contributed by atoms with Crippen molar-refractivity contribution in [2.75, 3.05) is 11.9 Å². The number of benzene rings is 1. The van der Waals surface area contributed by atoms with Crippen LogP contribution in [0.2, 0.25) is 0 Å². The molecule has 0 aromatic heterocycles. The molecule has 1 aromatic carbocycles. The number of nitriles is 1. The lowest BCUT2D eigenvalue weighted by molar-refractivity contribution is 0.348. The minimum absolute atomic E-state index is 0.746. The van der Waals surface area contributed by atoms with Crippen LogP contribution >= 0.6 is 0 Å². The maximum atomic E-state index is 8.94. The highest BCUT2D eigenvalue weighted by Crippen LogP contribution is 2.48. The zero-order chi connectivity index (χ0) is 12.5. The first kappa shape index (κ1) is 11.6. The van der Waals surface area contributed by atoms with Crippen LogP contribution in [0.1, 0.15) is 36.8 Å². The Kier molecular flexibility index (Phi) is 2.99. The van der Waals surface area contributed by atoms with Crippen molar-refractivity contribution < 1.29 is 0 Å². The Bertz CT molecular complexity index is 486. The van der Waals surface area contributed by atoms with Gasteiger partial charge >= 0.3 is 0 Å². The molecule has 2 aliphatic rings. The monoisotopic (exact) mass is 240 g/mol. The predicted octanol–water partition coefficient (Wildman–Crippen LogP) is 3.71. The Labute approximate surface area is 109 Å². The van der Waals surface area contributed by atoms with Crippen LogP contribution in [-0.2, 0) is 0 Å². The summed E-state index contributed by atoms with van der Waals surface area (Å²) in [6.07, 6.45) is 5.77. The summed E-state index contributed by atoms with van der Waals surface area (Å²) in [6, 6.07) is 8.10. The molecule has 0 heterocycles. The van der Waals surface area contributed by atoms with Crippen LogP contribution in [0, 0.1) is 36.0 Å². The average Bonchev–Trinajstić information content (AvgIpc) is 3.00. The van der Waals surface area contributed by atoms with Gasteiger partial charge in [-0.1, -0.05) is 12.5 Å². The van der Waals surface area contributed by atoms with Crippen molar-refractivity contribution in [2.24, 2.45) is 17.8 Å². The maximum Gasteiger partial charge on any atom is 0.0992 e. The molecule has 2 heteroatoms. The first-order valence-electron chi connectivity index (χ1n) is 7.01. The summed E-state index contributed by atoms with van der Waals surface area (Å²) in [5, 5.41) is 12.5. The lowest BCUT2D eigenvalue weighted by Gasteiger charge is -2.23. The number of anilines is 1. The largest absolute Gasteiger partial charge is 0.385 e. The van der Waals surface area contributed by atoms with Gasteiger partial charge in [-0.15, -0.1) is 0 Å². The number of nitrogens with one attached hydrogen (secondary N) is 1. The van der Waals surface area contributed by atoms with Crippen molar-refractivity contribution in [1.82, 2.24) is 0 Å². The molecule has 18 heavy (non-hydrogen) atoms. The highest BCUT2D eigenvalue weighted by molar-refractivity contribution is 5.55. The summed E-state index contributed by atoms with van der Waals surface area (Å²) >= 11 is 0. The normalized spacial score (nSPS) is 29.2. The van der Waals surface area contributed by atoms with Gasteiger partial charge in [-0.3, -0.25) is 0 Å². The number of aryl methyl sites for hydroxylation is 1. The van der Waals surface area contributed by atoms with Crippen LogP contribution in [0.3, 0.4) is 0 Å². The van der Waals surface area contributed by atoms with Crippen molar-refractivity contribution >= 4 is 5.69 Å². The van der Waals surface area contributed by atoms with E-state index in [4.69, 9.17) is 5.26 Å². The predicted molar refractivity (Wildman–Crippen MR) is 73.3 cm³/mol. The molecule has 0 spiro atoms. The molecule has 2 saturated carbocycles. The Morgan fingerprint density at radius 2 is 2.22 bits per heavy atom. The molecule has 94 valence electrons. The SMILES string of the molecule is Cc1ccc(C#N)cc1NCC1CC2CCC1C2. The number of hydrogen-bond acceptors (Lipinski definition) is 2. The van der Waals surface area contributed by atoms with E-state index in [1.54, 1.807) is 0 Å². The van der Waals surface area contributed by atoms with Crippen LogP contribution < -0.4 is 5.32 Å². The molecule has 3 rings (SSSR count). The number of nitrogens with zero attached hydrogens (tertiary/aromatic N) is 1. The van der Waals surface area contributed by atoms with Crippen molar-refractivity contribution in [1.29, 1.82) is 5.26 Å². The van der Waals surface area contributed by atoms with Crippen molar-refractivity contribution in [2.45, 2.75) is 32.6 Å². The molecule has 3 unspecified atom stereocenters. The molecular formula is C16H20N2. The third-order valence-electron chi connectivity index (χ3n) is 4.81. The van der Waals surface area contributed by atoms with Crippen LogP contribution in [0.25, 0.3) is 0 Å². The number of rotatable bonds is 3. The average molecular weight is 240 g/mol. The van der Waals surface area contributed by atoms with Gasteiger partial charge in [0.25, 0.3) is 0 Å². The second kappa shape index (κ2) is 4.65. The van der Waals surface area contributed by atoms with Crippen molar-refractivity contribution in [3.8, 4) is 6.07 Å². The van der Waals surface area contributed by atoms with Gasteiger partial charge in [-0.2, -0.15) is 5.26 Å². The molecule has 3 atom stereocenters. The molecule has 0 amide bonds. The van der Waals surface area contributed by atoms with Gasteiger partial charge in [-0.25, -0.2) is 0 Å². The molecule has 0 aliphatic heterocycles. The van der Waals surface area contributed by atoms with E-state index in [9.17, 15) is 0 Å². The molecule has 1 N–H and O–H groups in total. The van der Waals surface area contributed by atoms with Gasteiger partial charge in [0.15, 0.2) is 0 Å². The molecule has 2 fully saturated rings. The zero-order valence-corrected chi connectivity index (χ0v) is 10.9. The van der Waals surface area contributed by atoms with E-state index in [2.05, 4.69) is 18.3 Å². The Balaban J connectivity index is 1.65. The van der Waals surface area contributed by atoms with E-state index >= 15 is 0 Å². The molecule has 1 aromatic rings. The van der Waals surface area contributed by atoms with Gasteiger partial charge < -0.3 is 5.32 Å². The van der Waals surface area contributed by atoms with Crippen LogP contribution in [0.4, 0.5) is 5.69 Å². The van der Waals surface area contributed by atoms with Gasteiger partial charge in [0.1, 0.15) is 0 Å². The second-order valence-electron chi connectivity index (χ2n) is 5.96. The molecule has 2 aliphatic carbocycles. The molecule has 0 radical (unpaired) electrons. The lowest BCUT2D eigenvalue weighted by atomic mass is 9.89. The summed E-state index contributed by atoms with van der Waals surface area (Å²) in [7, 11) is 0. The molecule has 2 bridgehead atoms. The minimum atomic E-state index is 0.746. The van der Waals surface area contributed by atoms with Gasteiger partial charge in [0.05, 0.1) is 11.6 Å². The fraction of sp³-hybridized carbons (Fsp3) is 0.562. The highest BCUT2D eigenvalue weighted by atomic mass is 14.9. The first-order valence-corrected chi connectivity index (χ1v) is 7.01. The number of fused-ring (bicyclic) bond motifs is 2. The molecule has 0 saturated heterocycles. The van der Waals surface area contributed by atoms with E-state index in [1.165, 1.54) is 31.2 Å². The van der Waals surface area contributed by atoms with E-state index in [1.807, 2.05) is 18.2 Å². The first-order chi connectivity index (χ1) is 8.76. The summed E-state index contributed by atoms with van der Waals surface area (Å²) in [5.74, 6) is 2.82. The molecular weight excluding hydrogens is 220 g/mol. The zero-order valence-electron chi connectivity index (χ0n) is 10.9. The fourth-order valence-electron chi connectivity index (χ4n) is 3.75. The second-order valence-corrected chi connectivity index (χ2v) is 5.96. The molecule has 2 nitrogen and oxygen atoms in total. The summed E-state index contributed by atoms with van der Waals surface area (Å²) in [4.78, 5) is 0. The van der Waals surface area contributed by atoms with Gasteiger partial charge in [0.2, 0.25) is 0 Å². The van der Waals surface area contributed by atoms with E-state index in [0.29, 0.717) is 0 Å². The highest BCUT2D eigenvalue weighted by Gasteiger charge is 2.38. The lowest BCUT2D eigenvalue weighted by Crippen LogP contribution is -2.20. The number of hydrogen-bond donors (Lipinski definition) is 1. The third kappa shape index (κ3) is 2.10. The van der Waals surface area contributed by atoms with E-state index in [0.717, 1.165) is 35.5 Å². The topological polar surface area (TPSA) is 35.8 Å². The van der Waals surface area contributed by atoms with Gasteiger partial charge in [0, 0.05) is 12.2 Å². The summed E-state index contributed by atoms with van der Waals surface area (Å²) in [5.41, 5.74) is 3.12. The minimum Gasteiger partial charge on any atom is -0.385 e. The van der Waals surface area contributed by atoms with Crippen molar-refractivity contribution in [3.63, 3.8) is 0 Å². The summed E-state index contributed by atoms with van der Waals surface area (Å²) < 4.78 is 0. The van der Waals surface area contributed by atoms with Crippen LogP contribution in [-0.4, -0.2) is 6.54 Å². The maximum absolute atomic E-state index is 8.94. The smallest absolute Gasteiger partial charge is 0.0992 e. The summed E-state index contributed by atoms with van der Waals surface area (Å²) in [6.45, 7) is 3.18. The van der Waals surface area contributed by atoms with Gasteiger partial charge in [-0.05, 0) is 61.6 Å².